The van der Waals surface area contributed by atoms with E-state index in [1.54, 1.807) is 11.0 Å². The minimum Gasteiger partial charge on any atom is -0.338 e. The number of carbonyl (C=O) groups is 1. The monoisotopic (exact) mass is 405 g/mol. The van der Waals surface area contributed by atoms with E-state index in [2.05, 4.69) is 10.1 Å². The molecule has 0 radical (unpaired) electrons. The Morgan fingerprint density at radius 2 is 1.90 bits per heavy atom. The number of carbonyl (C=O) groups excluding carboxylic acids is 1. The van der Waals surface area contributed by atoms with Crippen LogP contribution in [0, 0.1) is 5.82 Å². The molecular weight excluding hydrogens is 390 g/mol. The molecule has 1 fully saturated rings. The zero-order valence-electron chi connectivity index (χ0n) is 15.0. The number of alkyl halides is 3. The van der Waals surface area contributed by atoms with Crippen molar-refractivity contribution >= 4 is 5.91 Å². The summed E-state index contributed by atoms with van der Waals surface area (Å²) in [5.41, 5.74) is 0.304. The van der Waals surface area contributed by atoms with Crippen LogP contribution in [0.3, 0.4) is 0 Å². The standard InChI is InChI=1S/C20H15F4N3O2/c21-16-3-1-2-13(8-16)19-25-18(26-29-19)14-9-17(28)27(11-14)10-12-4-6-15(7-5-12)20(22,23)24/h1-8,14H,9-11H2. The van der Waals surface area contributed by atoms with Gasteiger partial charge in [0.05, 0.1) is 5.56 Å². The lowest BCUT2D eigenvalue weighted by Gasteiger charge is -2.16. The van der Waals surface area contributed by atoms with Crippen LogP contribution < -0.4 is 0 Å². The lowest BCUT2D eigenvalue weighted by atomic mass is 10.1. The lowest BCUT2D eigenvalue weighted by molar-refractivity contribution is -0.137. The second-order valence-electron chi connectivity index (χ2n) is 6.84. The van der Waals surface area contributed by atoms with Gasteiger partial charge in [-0.15, -0.1) is 0 Å². The smallest absolute Gasteiger partial charge is 0.338 e. The van der Waals surface area contributed by atoms with Gasteiger partial charge in [0.1, 0.15) is 5.82 Å². The van der Waals surface area contributed by atoms with Crippen LogP contribution in [0.5, 0.6) is 0 Å². The lowest BCUT2D eigenvalue weighted by Crippen LogP contribution is -2.24. The van der Waals surface area contributed by atoms with Crippen molar-refractivity contribution in [3.05, 3.63) is 71.3 Å². The van der Waals surface area contributed by atoms with Gasteiger partial charge < -0.3 is 9.42 Å². The molecule has 29 heavy (non-hydrogen) atoms. The fraction of sp³-hybridized carbons (Fsp3) is 0.250. The third-order valence-electron chi connectivity index (χ3n) is 4.75. The Labute approximate surface area is 162 Å². The maximum Gasteiger partial charge on any atom is 0.416 e. The SMILES string of the molecule is O=C1CC(c2noc(-c3cccc(F)c3)n2)CN1Cc1ccc(C(F)(F)F)cc1. The Balaban J connectivity index is 1.44. The summed E-state index contributed by atoms with van der Waals surface area (Å²) in [6.07, 6.45) is -4.23. The molecule has 2 aromatic carbocycles. The predicted octanol–water partition coefficient (Wildman–Crippen LogP) is 4.41. The van der Waals surface area contributed by atoms with Crippen molar-refractivity contribution in [2.24, 2.45) is 0 Å². The molecule has 5 nitrogen and oxygen atoms in total. The van der Waals surface area contributed by atoms with Crippen molar-refractivity contribution in [3.8, 4) is 11.5 Å². The zero-order chi connectivity index (χ0) is 20.6. The second-order valence-corrected chi connectivity index (χ2v) is 6.84. The summed E-state index contributed by atoms with van der Waals surface area (Å²) in [5, 5.41) is 3.91. The molecule has 150 valence electrons. The van der Waals surface area contributed by atoms with Crippen molar-refractivity contribution in [2.45, 2.75) is 25.1 Å². The van der Waals surface area contributed by atoms with Gasteiger partial charge in [0.15, 0.2) is 5.82 Å². The molecule has 1 atom stereocenters. The molecule has 2 heterocycles. The zero-order valence-corrected chi connectivity index (χ0v) is 15.0. The molecule has 1 unspecified atom stereocenters. The molecule has 1 aromatic heterocycles. The van der Waals surface area contributed by atoms with Gasteiger partial charge >= 0.3 is 6.18 Å². The summed E-state index contributed by atoms with van der Waals surface area (Å²) < 4.78 is 56.5. The van der Waals surface area contributed by atoms with Gasteiger partial charge in [-0.1, -0.05) is 23.4 Å². The molecule has 1 amide bonds. The van der Waals surface area contributed by atoms with Gasteiger partial charge in [-0.2, -0.15) is 18.2 Å². The number of amides is 1. The summed E-state index contributed by atoms with van der Waals surface area (Å²) in [6, 6.07) is 10.5. The number of hydrogen-bond donors (Lipinski definition) is 0. The molecule has 9 heteroatoms. The first-order valence-electron chi connectivity index (χ1n) is 8.83. The first kappa shape index (κ1) is 19.1. The summed E-state index contributed by atoms with van der Waals surface area (Å²) in [5.74, 6) is -0.378. The molecular formula is C20H15F4N3O2. The minimum atomic E-state index is -4.40. The Morgan fingerprint density at radius 1 is 1.14 bits per heavy atom. The Morgan fingerprint density at radius 3 is 2.59 bits per heavy atom. The molecule has 0 saturated carbocycles. The van der Waals surface area contributed by atoms with Crippen LogP contribution in [0.4, 0.5) is 17.6 Å². The number of halogens is 4. The predicted molar refractivity (Wildman–Crippen MR) is 93.9 cm³/mol. The summed E-state index contributed by atoms with van der Waals surface area (Å²) >= 11 is 0. The number of likely N-dealkylation sites (tertiary alicyclic amines) is 1. The van der Waals surface area contributed by atoms with E-state index < -0.39 is 17.6 Å². The number of benzene rings is 2. The highest BCUT2D eigenvalue weighted by Gasteiger charge is 2.34. The summed E-state index contributed by atoms with van der Waals surface area (Å²) in [7, 11) is 0. The van der Waals surface area contributed by atoms with Crippen LogP contribution >= 0.6 is 0 Å². The molecule has 1 aliphatic heterocycles. The highest BCUT2D eigenvalue weighted by atomic mass is 19.4. The van der Waals surface area contributed by atoms with E-state index in [9.17, 15) is 22.4 Å². The third kappa shape index (κ3) is 4.13. The molecule has 0 spiro atoms. The fourth-order valence-electron chi connectivity index (χ4n) is 3.26. The average Bonchev–Trinajstić information content (AvgIpc) is 3.29. The highest BCUT2D eigenvalue weighted by molar-refractivity contribution is 5.79. The normalized spacial score (nSPS) is 17.2. The average molecular weight is 405 g/mol. The second kappa shape index (κ2) is 7.31. The molecule has 0 N–H and O–H groups in total. The van der Waals surface area contributed by atoms with Crippen LogP contribution in [0.1, 0.15) is 29.3 Å². The van der Waals surface area contributed by atoms with E-state index in [0.717, 1.165) is 12.1 Å². The van der Waals surface area contributed by atoms with Crippen LogP contribution in [0.15, 0.2) is 53.1 Å². The van der Waals surface area contributed by atoms with E-state index in [1.165, 1.54) is 30.3 Å². The topological polar surface area (TPSA) is 59.2 Å². The van der Waals surface area contributed by atoms with Crippen LogP contribution in [-0.2, 0) is 17.5 Å². The van der Waals surface area contributed by atoms with Crippen molar-refractivity contribution in [2.75, 3.05) is 6.54 Å². The summed E-state index contributed by atoms with van der Waals surface area (Å²) in [6.45, 7) is 0.518. The quantitative estimate of drug-likeness (QED) is 0.604. The van der Waals surface area contributed by atoms with Crippen LogP contribution in [-0.4, -0.2) is 27.5 Å². The van der Waals surface area contributed by atoms with Gasteiger partial charge in [-0.3, -0.25) is 4.79 Å². The highest BCUT2D eigenvalue weighted by Crippen LogP contribution is 2.31. The Hall–Kier alpha value is -3.23. The van der Waals surface area contributed by atoms with Crippen molar-refractivity contribution in [1.29, 1.82) is 0 Å². The number of hydrogen-bond acceptors (Lipinski definition) is 4. The molecule has 1 aliphatic rings. The van der Waals surface area contributed by atoms with Crippen LogP contribution in [0.25, 0.3) is 11.5 Å². The van der Waals surface area contributed by atoms with Crippen molar-refractivity contribution in [1.82, 2.24) is 15.0 Å². The maximum atomic E-state index is 13.4. The Kier molecular flexibility index (Phi) is 4.81. The molecule has 4 rings (SSSR count). The largest absolute Gasteiger partial charge is 0.416 e. The number of rotatable bonds is 4. The number of nitrogens with zero attached hydrogens (tertiary/aromatic N) is 3. The van der Waals surface area contributed by atoms with E-state index in [4.69, 9.17) is 4.52 Å². The van der Waals surface area contributed by atoms with Gasteiger partial charge in [-0.05, 0) is 35.9 Å². The maximum absolute atomic E-state index is 13.4. The molecule has 3 aromatic rings. The van der Waals surface area contributed by atoms with E-state index in [-0.39, 0.29) is 30.7 Å². The first-order chi connectivity index (χ1) is 13.8. The van der Waals surface area contributed by atoms with Gasteiger partial charge in [0.2, 0.25) is 5.91 Å². The third-order valence-corrected chi connectivity index (χ3v) is 4.75. The molecule has 1 saturated heterocycles. The van der Waals surface area contributed by atoms with E-state index >= 15 is 0 Å². The molecule has 0 bridgehead atoms. The number of aromatic nitrogens is 2. The minimum absolute atomic E-state index is 0.146. The van der Waals surface area contributed by atoms with Crippen LogP contribution in [0.2, 0.25) is 0 Å². The first-order valence-corrected chi connectivity index (χ1v) is 8.83. The van der Waals surface area contributed by atoms with Crippen molar-refractivity contribution in [3.63, 3.8) is 0 Å². The van der Waals surface area contributed by atoms with Gasteiger partial charge in [-0.25, -0.2) is 4.39 Å². The molecule has 0 aliphatic carbocycles. The fourth-order valence-corrected chi connectivity index (χ4v) is 3.26. The van der Waals surface area contributed by atoms with Gasteiger partial charge in [0, 0.05) is 31.0 Å². The van der Waals surface area contributed by atoms with Crippen molar-refractivity contribution < 1.29 is 26.9 Å². The Bertz CT molecular complexity index is 1030. The van der Waals surface area contributed by atoms with Gasteiger partial charge in [0.25, 0.3) is 5.89 Å². The van der Waals surface area contributed by atoms with E-state index in [0.29, 0.717) is 23.5 Å². The van der Waals surface area contributed by atoms with E-state index in [1.807, 2.05) is 0 Å². The summed E-state index contributed by atoms with van der Waals surface area (Å²) in [4.78, 5) is 18.1.